The molecule has 0 aromatic heterocycles. The summed E-state index contributed by atoms with van der Waals surface area (Å²) in [6.07, 6.45) is -0.281. The molecule has 1 atom stereocenters. The molecular formula is C6H12BrNO. The van der Waals surface area contributed by atoms with Gasteiger partial charge in [-0.2, -0.15) is 0 Å². The zero-order valence-corrected chi connectivity index (χ0v) is 7.11. The molecule has 2 N–H and O–H groups in total. The van der Waals surface area contributed by atoms with E-state index in [1.165, 1.54) is 0 Å². The van der Waals surface area contributed by atoms with Gasteiger partial charge >= 0.3 is 0 Å². The Hall–Kier alpha value is 0.140. The highest BCUT2D eigenvalue weighted by atomic mass is 79.9. The Balaban J connectivity index is 3.01. The fourth-order valence-electron chi connectivity index (χ4n) is 0.417. The first-order valence-corrected chi connectivity index (χ1v) is 3.64. The molecule has 0 aliphatic rings. The van der Waals surface area contributed by atoms with Crippen molar-refractivity contribution in [2.24, 2.45) is 0 Å². The van der Waals surface area contributed by atoms with Gasteiger partial charge in [0.05, 0.1) is 6.10 Å². The average molecular weight is 194 g/mol. The van der Waals surface area contributed by atoms with Gasteiger partial charge in [-0.25, -0.2) is 0 Å². The van der Waals surface area contributed by atoms with Crippen LogP contribution in [0.25, 0.3) is 0 Å². The third-order valence-corrected chi connectivity index (χ3v) is 1.04. The lowest BCUT2D eigenvalue weighted by molar-refractivity contribution is 0.193. The van der Waals surface area contributed by atoms with Crippen molar-refractivity contribution in [2.75, 3.05) is 13.1 Å². The second kappa shape index (κ2) is 4.97. The molecule has 0 fully saturated rings. The van der Waals surface area contributed by atoms with Crippen LogP contribution in [0.4, 0.5) is 0 Å². The SMILES string of the molecule is C=C(Br)CNC[C@@H](C)O. The number of aliphatic hydroxyl groups is 1. The summed E-state index contributed by atoms with van der Waals surface area (Å²) in [6.45, 7) is 6.69. The summed E-state index contributed by atoms with van der Waals surface area (Å²) in [6, 6.07) is 0. The van der Waals surface area contributed by atoms with E-state index in [0.717, 1.165) is 4.48 Å². The van der Waals surface area contributed by atoms with E-state index in [1.54, 1.807) is 6.92 Å². The molecule has 0 aliphatic carbocycles. The van der Waals surface area contributed by atoms with E-state index in [4.69, 9.17) is 5.11 Å². The van der Waals surface area contributed by atoms with E-state index >= 15 is 0 Å². The Labute approximate surface area is 64.1 Å². The lowest BCUT2D eigenvalue weighted by atomic mass is 10.4. The Morgan fingerprint density at radius 2 is 2.44 bits per heavy atom. The maximum absolute atomic E-state index is 8.76. The van der Waals surface area contributed by atoms with Crippen molar-refractivity contribution in [1.29, 1.82) is 0 Å². The zero-order chi connectivity index (χ0) is 7.28. The van der Waals surface area contributed by atoms with Crippen LogP contribution in [-0.4, -0.2) is 24.3 Å². The standard InChI is InChI=1S/C6H12BrNO/c1-5(7)3-8-4-6(2)9/h6,8-9H,1,3-4H2,2H3/t6-/m1/s1. The highest BCUT2D eigenvalue weighted by molar-refractivity contribution is 9.11. The maximum Gasteiger partial charge on any atom is 0.0636 e. The van der Waals surface area contributed by atoms with Crippen LogP contribution < -0.4 is 5.32 Å². The van der Waals surface area contributed by atoms with Crippen LogP contribution in [0.3, 0.4) is 0 Å². The van der Waals surface area contributed by atoms with Gasteiger partial charge in [0.15, 0.2) is 0 Å². The quantitative estimate of drug-likeness (QED) is 0.695. The molecule has 0 saturated heterocycles. The summed E-state index contributed by atoms with van der Waals surface area (Å²) in [4.78, 5) is 0. The normalized spacial score (nSPS) is 13.2. The van der Waals surface area contributed by atoms with Crippen LogP contribution in [-0.2, 0) is 0 Å². The predicted octanol–water partition coefficient (Wildman–Crippen LogP) is 0.865. The maximum atomic E-state index is 8.76. The molecule has 0 unspecified atom stereocenters. The molecule has 2 nitrogen and oxygen atoms in total. The highest BCUT2D eigenvalue weighted by Crippen LogP contribution is 1.96. The molecule has 54 valence electrons. The molecule has 0 bridgehead atoms. The number of hydrogen-bond donors (Lipinski definition) is 2. The summed E-state index contributed by atoms with van der Waals surface area (Å²) < 4.78 is 0.906. The van der Waals surface area contributed by atoms with Gasteiger partial charge in [0.2, 0.25) is 0 Å². The first-order valence-electron chi connectivity index (χ1n) is 2.85. The number of nitrogens with one attached hydrogen (secondary N) is 1. The van der Waals surface area contributed by atoms with E-state index in [1.807, 2.05) is 0 Å². The Kier molecular flexibility index (Phi) is 5.04. The van der Waals surface area contributed by atoms with Crippen molar-refractivity contribution < 1.29 is 5.11 Å². The second-order valence-corrected chi connectivity index (χ2v) is 3.12. The molecular weight excluding hydrogens is 182 g/mol. The van der Waals surface area contributed by atoms with Crippen LogP contribution >= 0.6 is 15.9 Å². The molecule has 0 aromatic carbocycles. The Bertz CT molecular complexity index is 93.1. The fraction of sp³-hybridized carbons (Fsp3) is 0.667. The largest absolute Gasteiger partial charge is 0.392 e. The summed E-state index contributed by atoms with van der Waals surface area (Å²) in [5.74, 6) is 0. The zero-order valence-electron chi connectivity index (χ0n) is 5.52. The van der Waals surface area contributed by atoms with Crippen LogP contribution in [0.1, 0.15) is 6.92 Å². The van der Waals surface area contributed by atoms with Crippen LogP contribution in [0.2, 0.25) is 0 Å². The van der Waals surface area contributed by atoms with Crippen molar-refractivity contribution >= 4 is 15.9 Å². The van der Waals surface area contributed by atoms with Gasteiger partial charge in [-0.05, 0) is 6.92 Å². The molecule has 3 heteroatoms. The Morgan fingerprint density at radius 3 is 2.78 bits per heavy atom. The molecule has 0 aliphatic heterocycles. The van der Waals surface area contributed by atoms with Gasteiger partial charge in [-0.15, -0.1) is 0 Å². The number of hydrogen-bond acceptors (Lipinski definition) is 2. The molecule has 0 spiro atoms. The predicted molar refractivity (Wildman–Crippen MR) is 42.6 cm³/mol. The minimum absolute atomic E-state index is 0.281. The minimum Gasteiger partial charge on any atom is -0.392 e. The summed E-state index contributed by atoms with van der Waals surface area (Å²) in [5, 5.41) is 11.7. The molecule has 0 radical (unpaired) electrons. The van der Waals surface area contributed by atoms with Crippen molar-refractivity contribution in [3.63, 3.8) is 0 Å². The van der Waals surface area contributed by atoms with Crippen molar-refractivity contribution in [2.45, 2.75) is 13.0 Å². The van der Waals surface area contributed by atoms with Crippen LogP contribution in [0.5, 0.6) is 0 Å². The second-order valence-electron chi connectivity index (χ2n) is 2.00. The van der Waals surface area contributed by atoms with Crippen molar-refractivity contribution in [1.82, 2.24) is 5.32 Å². The van der Waals surface area contributed by atoms with Gasteiger partial charge in [0.25, 0.3) is 0 Å². The van der Waals surface area contributed by atoms with Gasteiger partial charge in [0.1, 0.15) is 0 Å². The van der Waals surface area contributed by atoms with E-state index < -0.39 is 0 Å². The number of aliphatic hydroxyl groups excluding tert-OH is 1. The first-order chi connectivity index (χ1) is 4.13. The summed E-state index contributed by atoms with van der Waals surface area (Å²) >= 11 is 3.19. The minimum atomic E-state index is -0.281. The topological polar surface area (TPSA) is 32.3 Å². The smallest absolute Gasteiger partial charge is 0.0636 e. The van der Waals surface area contributed by atoms with E-state index in [-0.39, 0.29) is 6.10 Å². The van der Waals surface area contributed by atoms with Crippen LogP contribution in [0.15, 0.2) is 11.1 Å². The molecule has 0 aromatic rings. The summed E-state index contributed by atoms with van der Waals surface area (Å²) in [5.41, 5.74) is 0. The monoisotopic (exact) mass is 193 g/mol. The number of rotatable bonds is 4. The Morgan fingerprint density at radius 1 is 1.89 bits per heavy atom. The molecule has 0 rings (SSSR count). The van der Waals surface area contributed by atoms with Gasteiger partial charge < -0.3 is 10.4 Å². The lowest BCUT2D eigenvalue weighted by Gasteiger charge is -2.04. The third-order valence-electron chi connectivity index (χ3n) is 0.757. The van der Waals surface area contributed by atoms with E-state index in [2.05, 4.69) is 27.8 Å². The molecule has 9 heavy (non-hydrogen) atoms. The van der Waals surface area contributed by atoms with Crippen molar-refractivity contribution in [3.05, 3.63) is 11.1 Å². The van der Waals surface area contributed by atoms with Gasteiger partial charge in [0, 0.05) is 17.6 Å². The first kappa shape index (κ1) is 9.14. The lowest BCUT2D eigenvalue weighted by Crippen LogP contribution is -2.25. The van der Waals surface area contributed by atoms with Gasteiger partial charge in [-0.3, -0.25) is 0 Å². The molecule has 0 heterocycles. The number of halogens is 1. The van der Waals surface area contributed by atoms with Gasteiger partial charge in [-0.1, -0.05) is 22.5 Å². The van der Waals surface area contributed by atoms with E-state index in [0.29, 0.717) is 13.1 Å². The summed E-state index contributed by atoms with van der Waals surface area (Å²) in [7, 11) is 0. The fourth-order valence-corrected chi connectivity index (χ4v) is 0.615. The van der Waals surface area contributed by atoms with E-state index in [9.17, 15) is 0 Å². The highest BCUT2D eigenvalue weighted by Gasteiger charge is 1.92. The molecule has 0 saturated carbocycles. The van der Waals surface area contributed by atoms with Crippen molar-refractivity contribution in [3.8, 4) is 0 Å². The third kappa shape index (κ3) is 8.14. The van der Waals surface area contributed by atoms with Crippen LogP contribution in [0, 0.1) is 0 Å². The molecule has 0 amide bonds. The average Bonchev–Trinajstić information content (AvgIpc) is 1.63.